The van der Waals surface area contributed by atoms with Crippen molar-refractivity contribution in [3.63, 3.8) is 0 Å². The van der Waals surface area contributed by atoms with E-state index in [2.05, 4.69) is 34.6 Å². The molecule has 0 rings (SSSR count). The fourth-order valence-electron chi connectivity index (χ4n) is 12.4. The summed E-state index contributed by atoms with van der Waals surface area (Å²) >= 11 is 0. The number of hydrogen-bond donors (Lipinski definition) is 3. The summed E-state index contributed by atoms with van der Waals surface area (Å²) in [6.07, 6.45) is 63.9. The molecule has 0 heterocycles. The molecule has 0 bridgehead atoms. The molecule has 19 heteroatoms. The Labute approximate surface area is 607 Å². The van der Waals surface area contributed by atoms with Crippen molar-refractivity contribution in [2.75, 3.05) is 39.6 Å². The summed E-state index contributed by atoms with van der Waals surface area (Å²) in [5, 5.41) is 10.6. The van der Waals surface area contributed by atoms with Crippen LogP contribution in [0.3, 0.4) is 0 Å². The first-order valence-corrected chi connectivity index (χ1v) is 44.6. The normalized spacial score (nSPS) is 13.9. The van der Waals surface area contributed by atoms with Gasteiger partial charge in [-0.2, -0.15) is 0 Å². The summed E-state index contributed by atoms with van der Waals surface area (Å²) in [7, 11) is -9.91. The highest BCUT2D eigenvalue weighted by Crippen LogP contribution is 2.45. The molecule has 0 spiro atoms. The predicted molar refractivity (Wildman–Crippen MR) is 405 cm³/mol. The smallest absolute Gasteiger partial charge is 0.462 e. The van der Waals surface area contributed by atoms with Gasteiger partial charge in [-0.1, -0.05) is 375 Å². The number of ether oxygens (including phenoxy) is 4. The Morgan fingerprint density at radius 3 is 0.687 bits per heavy atom. The highest BCUT2D eigenvalue weighted by atomic mass is 31.2. The predicted octanol–water partition coefficient (Wildman–Crippen LogP) is 24.0. The van der Waals surface area contributed by atoms with Crippen LogP contribution in [0.4, 0.5) is 0 Å². The molecule has 0 aromatic rings. The first kappa shape index (κ1) is 97.1. The summed E-state index contributed by atoms with van der Waals surface area (Å²) in [5.41, 5.74) is 0. The molecule has 3 N–H and O–H groups in total. The van der Waals surface area contributed by atoms with Gasteiger partial charge in [0.15, 0.2) is 12.2 Å². The molecule has 588 valence electrons. The van der Waals surface area contributed by atoms with Crippen molar-refractivity contribution in [3.05, 3.63) is 0 Å². The van der Waals surface area contributed by atoms with Crippen molar-refractivity contribution in [1.82, 2.24) is 0 Å². The number of aliphatic hydroxyl groups excluding tert-OH is 1. The molecule has 0 aromatic heterocycles. The van der Waals surface area contributed by atoms with E-state index < -0.39 is 97.5 Å². The standard InChI is InChI=1S/C80H156O17P2/c1-6-9-12-15-18-21-24-26-28-29-30-31-32-33-34-35-37-39-45-50-55-60-65-79(84)96-76(70-91-78(83)64-59-54-49-44-38-36-27-25-22-19-16-13-10-7-2)72-95-99(88,89)93-68-74(81)67-92-98(86,87)94-71-75(69-90-77(82)63-58-53-48-43-23-20-17-14-11-8-3)97-80(85)66-61-56-51-46-41-40-42-47-52-57-62-73(4)5/h73-76,81H,6-72H2,1-5H3,(H,86,87)(H,88,89)/t74-,75+,76+/m0/s1. The van der Waals surface area contributed by atoms with Gasteiger partial charge < -0.3 is 33.8 Å². The Kier molecular flexibility index (Phi) is 71.6. The van der Waals surface area contributed by atoms with Gasteiger partial charge in [0, 0.05) is 25.7 Å². The third-order valence-corrected chi connectivity index (χ3v) is 20.7. The number of esters is 4. The van der Waals surface area contributed by atoms with Crippen LogP contribution in [0.2, 0.25) is 0 Å². The Bertz CT molecular complexity index is 1890. The fourth-order valence-corrected chi connectivity index (χ4v) is 14.0. The molecular formula is C80H156O17P2. The highest BCUT2D eigenvalue weighted by molar-refractivity contribution is 7.47. The number of hydrogen-bond acceptors (Lipinski definition) is 15. The number of carbonyl (C=O) groups excluding carboxylic acids is 4. The van der Waals surface area contributed by atoms with Crippen LogP contribution in [0.1, 0.15) is 426 Å². The lowest BCUT2D eigenvalue weighted by molar-refractivity contribution is -0.161. The van der Waals surface area contributed by atoms with Crippen molar-refractivity contribution in [1.29, 1.82) is 0 Å². The van der Waals surface area contributed by atoms with Gasteiger partial charge in [-0.15, -0.1) is 0 Å². The number of unbranched alkanes of at least 4 members (excludes halogenated alkanes) is 52. The lowest BCUT2D eigenvalue weighted by Crippen LogP contribution is -2.30. The van der Waals surface area contributed by atoms with Crippen LogP contribution < -0.4 is 0 Å². The number of rotatable bonds is 80. The number of phosphoric acid groups is 2. The van der Waals surface area contributed by atoms with E-state index in [0.29, 0.717) is 25.7 Å². The second kappa shape index (κ2) is 73.0. The molecule has 0 saturated carbocycles. The SMILES string of the molecule is CCCCCCCCCCCCCCCCCCCCCCCCC(=O)O[C@H](COC(=O)CCCCCCCCCCCCCCCC)COP(=O)(O)OC[C@@H](O)COP(=O)(O)OC[C@@H](COC(=O)CCCCCCCCCCCC)OC(=O)CCCCCCCCCCCCC(C)C. The Balaban J connectivity index is 5.19. The summed E-state index contributed by atoms with van der Waals surface area (Å²) < 4.78 is 68.6. The van der Waals surface area contributed by atoms with E-state index in [1.165, 1.54) is 250 Å². The van der Waals surface area contributed by atoms with Gasteiger partial charge in [0.05, 0.1) is 26.4 Å². The highest BCUT2D eigenvalue weighted by Gasteiger charge is 2.30. The number of carbonyl (C=O) groups is 4. The monoisotopic (exact) mass is 1450 g/mol. The second-order valence-corrected chi connectivity index (χ2v) is 32.2. The molecule has 5 atom stereocenters. The van der Waals surface area contributed by atoms with Gasteiger partial charge in [0.25, 0.3) is 0 Å². The van der Waals surface area contributed by atoms with E-state index >= 15 is 0 Å². The molecule has 0 aromatic carbocycles. The summed E-state index contributed by atoms with van der Waals surface area (Å²) in [6.45, 7) is 7.30. The average Bonchev–Trinajstić information content (AvgIpc) is 2.70. The maximum Gasteiger partial charge on any atom is 0.472 e. The molecule has 99 heavy (non-hydrogen) atoms. The summed E-state index contributed by atoms with van der Waals surface area (Å²) in [5.74, 6) is -1.36. The van der Waals surface area contributed by atoms with Crippen molar-refractivity contribution >= 4 is 39.5 Å². The largest absolute Gasteiger partial charge is 0.472 e. The van der Waals surface area contributed by atoms with Crippen molar-refractivity contribution in [3.8, 4) is 0 Å². The van der Waals surface area contributed by atoms with Crippen molar-refractivity contribution < 1.29 is 80.2 Å². The molecule has 0 aliphatic heterocycles. The molecule has 0 saturated heterocycles. The lowest BCUT2D eigenvalue weighted by atomic mass is 10.0. The van der Waals surface area contributed by atoms with Crippen LogP contribution in [0.25, 0.3) is 0 Å². The zero-order valence-corrected chi connectivity index (χ0v) is 66.4. The van der Waals surface area contributed by atoms with Gasteiger partial charge >= 0.3 is 39.5 Å². The van der Waals surface area contributed by atoms with E-state index in [4.69, 9.17) is 37.0 Å². The van der Waals surface area contributed by atoms with Gasteiger partial charge in [0.1, 0.15) is 19.3 Å². The van der Waals surface area contributed by atoms with Crippen LogP contribution in [0.15, 0.2) is 0 Å². The van der Waals surface area contributed by atoms with Gasteiger partial charge in [-0.05, 0) is 31.6 Å². The maximum absolute atomic E-state index is 13.1. The zero-order valence-electron chi connectivity index (χ0n) is 64.6. The Morgan fingerprint density at radius 2 is 0.465 bits per heavy atom. The van der Waals surface area contributed by atoms with E-state index in [1.807, 2.05) is 0 Å². The molecule has 0 amide bonds. The van der Waals surface area contributed by atoms with Gasteiger partial charge in [-0.3, -0.25) is 37.3 Å². The maximum atomic E-state index is 13.1. The van der Waals surface area contributed by atoms with Crippen molar-refractivity contribution in [2.24, 2.45) is 5.92 Å². The second-order valence-electron chi connectivity index (χ2n) is 29.3. The minimum atomic E-state index is -4.96. The van der Waals surface area contributed by atoms with Crippen LogP contribution in [0, 0.1) is 5.92 Å². The summed E-state index contributed by atoms with van der Waals surface area (Å²) in [6, 6.07) is 0. The summed E-state index contributed by atoms with van der Waals surface area (Å²) in [4.78, 5) is 72.9. The molecule has 0 aliphatic rings. The van der Waals surface area contributed by atoms with Crippen LogP contribution >= 0.6 is 15.6 Å². The minimum Gasteiger partial charge on any atom is -0.462 e. The fraction of sp³-hybridized carbons (Fsp3) is 0.950. The molecule has 0 radical (unpaired) electrons. The van der Waals surface area contributed by atoms with Gasteiger partial charge in [-0.25, -0.2) is 9.13 Å². The molecule has 17 nitrogen and oxygen atoms in total. The third-order valence-electron chi connectivity index (χ3n) is 18.8. The van der Waals surface area contributed by atoms with Crippen LogP contribution in [-0.4, -0.2) is 96.7 Å². The molecular weight excluding hydrogens is 1290 g/mol. The average molecular weight is 1450 g/mol. The zero-order chi connectivity index (χ0) is 72.7. The molecule has 0 fully saturated rings. The molecule has 2 unspecified atom stereocenters. The number of phosphoric ester groups is 2. The Hall–Kier alpha value is -1.94. The van der Waals surface area contributed by atoms with Crippen molar-refractivity contribution in [2.45, 2.75) is 445 Å². The third kappa shape index (κ3) is 74.1. The quantitative estimate of drug-likeness (QED) is 0.0222. The topological polar surface area (TPSA) is 237 Å². The minimum absolute atomic E-state index is 0.107. The van der Waals surface area contributed by atoms with E-state index in [1.54, 1.807) is 0 Å². The van der Waals surface area contributed by atoms with E-state index in [0.717, 1.165) is 95.8 Å². The van der Waals surface area contributed by atoms with Crippen LogP contribution in [0.5, 0.6) is 0 Å². The first-order valence-electron chi connectivity index (χ1n) is 41.6. The van der Waals surface area contributed by atoms with E-state index in [-0.39, 0.29) is 25.7 Å². The first-order chi connectivity index (χ1) is 48.0. The Morgan fingerprint density at radius 1 is 0.273 bits per heavy atom. The number of aliphatic hydroxyl groups is 1. The lowest BCUT2D eigenvalue weighted by Gasteiger charge is -2.21. The van der Waals surface area contributed by atoms with Gasteiger partial charge in [0.2, 0.25) is 0 Å². The van der Waals surface area contributed by atoms with Crippen LogP contribution in [-0.2, 0) is 65.4 Å². The van der Waals surface area contributed by atoms with E-state index in [9.17, 15) is 43.2 Å². The molecule has 0 aliphatic carbocycles.